The van der Waals surface area contributed by atoms with Gasteiger partial charge in [-0.15, -0.1) is 0 Å². The lowest BCUT2D eigenvalue weighted by Crippen LogP contribution is -1.82. The van der Waals surface area contributed by atoms with E-state index in [-0.39, 0.29) is 5.75 Å². The number of hydrogen-bond donors (Lipinski definition) is 3. The lowest BCUT2D eigenvalue weighted by molar-refractivity contribution is 0.478. The van der Waals surface area contributed by atoms with Gasteiger partial charge >= 0.3 is 0 Å². The smallest absolute Gasteiger partial charge is 0.138 e. The van der Waals surface area contributed by atoms with Crippen molar-refractivity contribution in [3.05, 3.63) is 66.7 Å². The highest BCUT2D eigenvalue weighted by atomic mass is 16.3. The first kappa shape index (κ1) is 12.8. The lowest BCUT2D eigenvalue weighted by Gasteiger charge is -1.97. The van der Waals surface area contributed by atoms with Gasteiger partial charge in [0.25, 0.3) is 0 Å². The number of anilines is 1. The normalized spacial score (nSPS) is 9.68. The minimum Gasteiger partial charge on any atom is -0.507 e. The van der Waals surface area contributed by atoms with Gasteiger partial charge < -0.3 is 15.9 Å². The summed E-state index contributed by atoms with van der Waals surface area (Å²) in [6, 6.07) is 20.0. The Morgan fingerprint density at radius 3 is 1.84 bits per heavy atom. The van der Waals surface area contributed by atoms with Crippen LogP contribution in [0.2, 0.25) is 0 Å². The summed E-state index contributed by atoms with van der Waals surface area (Å²) in [6.45, 7) is 0. The zero-order valence-electron chi connectivity index (χ0n) is 10.3. The van der Waals surface area contributed by atoms with E-state index in [1.807, 2.05) is 36.4 Å². The zero-order chi connectivity index (χ0) is 13.7. The van der Waals surface area contributed by atoms with Gasteiger partial charge in [0.15, 0.2) is 0 Å². The molecule has 0 radical (unpaired) electrons. The molecule has 3 rings (SSSR count). The van der Waals surface area contributed by atoms with E-state index in [2.05, 4.69) is 0 Å². The summed E-state index contributed by atoms with van der Waals surface area (Å²) in [5, 5.41) is 20.2. The third-order valence-corrected chi connectivity index (χ3v) is 2.70. The fourth-order valence-electron chi connectivity index (χ4n) is 1.70. The molecule has 0 unspecified atom stereocenters. The number of nitrogens with two attached hydrogens (primary N) is 1. The third kappa shape index (κ3) is 3.16. The largest absolute Gasteiger partial charge is 0.507 e. The first-order chi connectivity index (χ1) is 9.18. The van der Waals surface area contributed by atoms with Crippen molar-refractivity contribution in [2.24, 2.45) is 0 Å². The molecule has 19 heavy (non-hydrogen) atoms. The van der Waals surface area contributed by atoms with E-state index in [9.17, 15) is 5.11 Å². The molecule has 0 aromatic heterocycles. The fraction of sp³-hybridized carbons (Fsp3) is 0. The predicted molar refractivity (Wildman–Crippen MR) is 78.1 cm³/mol. The summed E-state index contributed by atoms with van der Waals surface area (Å²) in [7, 11) is 0. The Bertz CT molecular complexity index is 654. The van der Waals surface area contributed by atoms with Gasteiger partial charge in [-0.1, -0.05) is 48.5 Å². The van der Waals surface area contributed by atoms with Crippen LogP contribution in [0.25, 0.3) is 10.8 Å². The predicted octanol–water partition coefficient (Wildman–Crippen LogP) is 3.52. The number of nitrogen functional groups attached to an aromatic ring is 1. The SMILES string of the molecule is Nc1ccccc1O.Oc1cccc2ccccc12. The van der Waals surface area contributed by atoms with E-state index >= 15 is 0 Å². The van der Waals surface area contributed by atoms with E-state index in [4.69, 9.17) is 10.8 Å². The molecule has 0 heterocycles. The Kier molecular flexibility index (Phi) is 3.88. The second-order valence-corrected chi connectivity index (χ2v) is 4.06. The quantitative estimate of drug-likeness (QED) is 0.424. The molecule has 0 aliphatic rings. The van der Waals surface area contributed by atoms with E-state index in [0.29, 0.717) is 11.4 Å². The summed E-state index contributed by atoms with van der Waals surface area (Å²) in [5.74, 6) is 0.496. The summed E-state index contributed by atoms with van der Waals surface area (Å²) in [4.78, 5) is 0. The van der Waals surface area contributed by atoms with Crippen molar-refractivity contribution in [2.45, 2.75) is 0 Å². The summed E-state index contributed by atoms with van der Waals surface area (Å²) >= 11 is 0. The molecule has 0 spiro atoms. The van der Waals surface area contributed by atoms with Crippen molar-refractivity contribution in [3.63, 3.8) is 0 Å². The lowest BCUT2D eigenvalue weighted by atomic mass is 10.1. The van der Waals surface area contributed by atoms with Crippen LogP contribution in [0, 0.1) is 0 Å². The number of fused-ring (bicyclic) bond motifs is 1. The van der Waals surface area contributed by atoms with Gasteiger partial charge in [-0.3, -0.25) is 0 Å². The molecule has 0 aliphatic carbocycles. The van der Waals surface area contributed by atoms with Gasteiger partial charge in [0.1, 0.15) is 11.5 Å². The van der Waals surface area contributed by atoms with Crippen LogP contribution in [0.1, 0.15) is 0 Å². The molecule has 0 aliphatic heterocycles. The molecule has 3 nitrogen and oxygen atoms in total. The van der Waals surface area contributed by atoms with E-state index in [1.54, 1.807) is 30.3 Å². The number of phenols is 2. The van der Waals surface area contributed by atoms with Gasteiger partial charge in [0.2, 0.25) is 0 Å². The van der Waals surface area contributed by atoms with Gasteiger partial charge in [-0.25, -0.2) is 0 Å². The van der Waals surface area contributed by atoms with Gasteiger partial charge in [0, 0.05) is 5.39 Å². The van der Waals surface area contributed by atoms with Gasteiger partial charge in [0.05, 0.1) is 5.69 Å². The number of aromatic hydroxyl groups is 2. The second-order valence-electron chi connectivity index (χ2n) is 4.06. The highest BCUT2D eigenvalue weighted by Gasteiger charge is 1.94. The molecule has 0 saturated carbocycles. The molecular weight excluding hydrogens is 238 g/mol. The molecule has 3 aromatic carbocycles. The van der Waals surface area contributed by atoms with Gasteiger partial charge in [-0.05, 0) is 23.6 Å². The Hall–Kier alpha value is -2.68. The standard InChI is InChI=1S/C10H8O.C6H7NO/c11-10-7-3-5-8-4-1-2-6-9(8)10;7-5-3-1-2-4-6(5)8/h1-7,11H;1-4,8H,7H2. The van der Waals surface area contributed by atoms with Crippen LogP contribution in [-0.2, 0) is 0 Å². The molecule has 4 N–H and O–H groups in total. The molecule has 0 bridgehead atoms. The van der Waals surface area contributed by atoms with Crippen molar-refractivity contribution < 1.29 is 10.2 Å². The Labute approximate surface area is 111 Å². The minimum atomic E-state index is 0.146. The van der Waals surface area contributed by atoms with E-state index < -0.39 is 0 Å². The number of para-hydroxylation sites is 2. The summed E-state index contributed by atoms with van der Waals surface area (Å²) in [6.07, 6.45) is 0. The van der Waals surface area contributed by atoms with Crippen molar-refractivity contribution in [1.82, 2.24) is 0 Å². The molecule has 0 atom stereocenters. The number of phenolic OH excluding ortho intramolecular Hbond substituents is 2. The van der Waals surface area contributed by atoms with Crippen molar-refractivity contribution in [2.75, 3.05) is 5.73 Å². The third-order valence-electron chi connectivity index (χ3n) is 2.70. The molecule has 0 fully saturated rings. The van der Waals surface area contributed by atoms with Crippen LogP contribution in [0.4, 0.5) is 5.69 Å². The van der Waals surface area contributed by atoms with Crippen LogP contribution < -0.4 is 5.73 Å². The van der Waals surface area contributed by atoms with E-state index in [0.717, 1.165) is 10.8 Å². The Morgan fingerprint density at radius 2 is 1.21 bits per heavy atom. The first-order valence-corrected chi connectivity index (χ1v) is 5.88. The number of hydrogen-bond acceptors (Lipinski definition) is 3. The molecular formula is C16H15NO2. The van der Waals surface area contributed by atoms with Gasteiger partial charge in [-0.2, -0.15) is 0 Å². The Balaban J connectivity index is 0.000000148. The fourth-order valence-corrected chi connectivity index (χ4v) is 1.70. The highest BCUT2D eigenvalue weighted by Crippen LogP contribution is 2.22. The summed E-state index contributed by atoms with van der Waals surface area (Å²) < 4.78 is 0. The summed E-state index contributed by atoms with van der Waals surface area (Å²) in [5.41, 5.74) is 5.69. The van der Waals surface area contributed by atoms with Crippen LogP contribution in [0.5, 0.6) is 11.5 Å². The Morgan fingerprint density at radius 1 is 0.632 bits per heavy atom. The molecule has 0 amide bonds. The highest BCUT2D eigenvalue weighted by molar-refractivity contribution is 5.87. The van der Waals surface area contributed by atoms with Crippen LogP contribution in [0.15, 0.2) is 66.7 Å². The average Bonchev–Trinajstić information content (AvgIpc) is 2.44. The molecule has 3 heteroatoms. The molecule has 3 aromatic rings. The van der Waals surface area contributed by atoms with Crippen LogP contribution >= 0.6 is 0 Å². The zero-order valence-corrected chi connectivity index (χ0v) is 10.3. The number of rotatable bonds is 0. The van der Waals surface area contributed by atoms with Crippen LogP contribution in [-0.4, -0.2) is 10.2 Å². The maximum atomic E-state index is 9.37. The van der Waals surface area contributed by atoms with Crippen molar-refractivity contribution in [3.8, 4) is 11.5 Å². The topological polar surface area (TPSA) is 66.5 Å². The number of benzene rings is 3. The van der Waals surface area contributed by atoms with E-state index in [1.165, 1.54) is 0 Å². The first-order valence-electron chi connectivity index (χ1n) is 5.88. The maximum absolute atomic E-state index is 9.37. The van der Waals surface area contributed by atoms with Crippen molar-refractivity contribution in [1.29, 1.82) is 0 Å². The molecule has 96 valence electrons. The second kappa shape index (κ2) is 5.78. The van der Waals surface area contributed by atoms with Crippen LogP contribution in [0.3, 0.4) is 0 Å². The van der Waals surface area contributed by atoms with Crippen molar-refractivity contribution >= 4 is 16.5 Å². The minimum absolute atomic E-state index is 0.146. The molecule has 0 saturated heterocycles. The average molecular weight is 253 g/mol. The monoisotopic (exact) mass is 253 g/mol. The maximum Gasteiger partial charge on any atom is 0.138 e.